The summed E-state index contributed by atoms with van der Waals surface area (Å²) >= 11 is 0. The van der Waals surface area contributed by atoms with Crippen molar-refractivity contribution in [1.29, 1.82) is 0 Å². The molecular formula is C13H20N2O3. The van der Waals surface area contributed by atoms with E-state index in [9.17, 15) is 4.79 Å². The van der Waals surface area contributed by atoms with Crippen LogP contribution in [0.1, 0.15) is 15.9 Å². The van der Waals surface area contributed by atoms with Gasteiger partial charge in [-0.05, 0) is 30.7 Å². The standard InChI is InChI=1S/C13H20N2O3/c1-9-7-10(13(16)14-2)5-6-11(9)15-8-12(17-3)18-4/h5-7,12,15H,8H2,1-4H3,(H,14,16). The van der Waals surface area contributed by atoms with E-state index in [4.69, 9.17) is 9.47 Å². The summed E-state index contributed by atoms with van der Waals surface area (Å²) in [5, 5.41) is 5.81. The molecule has 0 atom stereocenters. The molecule has 0 radical (unpaired) electrons. The zero-order chi connectivity index (χ0) is 13.5. The highest BCUT2D eigenvalue weighted by Gasteiger charge is 2.08. The van der Waals surface area contributed by atoms with Gasteiger partial charge in [-0.1, -0.05) is 0 Å². The summed E-state index contributed by atoms with van der Waals surface area (Å²) in [7, 11) is 4.81. The topological polar surface area (TPSA) is 59.6 Å². The van der Waals surface area contributed by atoms with Crippen molar-refractivity contribution in [3.8, 4) is 0 Å². The number of benzene rings is 1. The molecule has 1 rings (SSSR count). The van der Waals surface area contributed by atoms with Crippen LogP contribution in [0.3, 0.4) is 0 Å². The predicted octanol–water partition coefficient (Wildman–Crippen LogP) is 1.39. The Hall–Kier alpha value is -1.59. The maximum Gasteiger partial charge on any atom is 0.251 e. The van der Waals surface area contributed by atoms with Gasteiger partial charge in [-0.3, -0.25) is 4.79 Å². The number of nitrogens with one attached hydrogen (secondary N) is 2. The van der Waals surface area contributed by atoms with Crippen molar-refractivity contribution in [3.63, 3.8) is 0 Å². The number of amides is 1. The van der Waals surface area contributed by atoms with Crippen LogP contribution in [0, 0.1) is 6.92 Å². The molecular weight excluding hydrogens is 232 g/mol. The summed E-state index contributed by atoms with van der Waals surface area (Å²) in [5.41, 5.74) is 2.61. The average Bonchev–Trinajstić information content (AvgIpc) is 2.40. The summed E-state index contributed by atoms with van der Waals surface area (Å²) in [6.07, 6.45) is -0.289. The van der Waals surface area contributed by atoms with Gasteiger partial charge < -0.3 is 20.1 Å². The third-order valence-electron chi connectivity index (χ3n) is 2.70. The second kappa shape index (κ2) is 6.98. The molecule has 1 aromatic carbocycles. The fraction of sp³-hybridized carbons (Fsp3) is 0.462. The molecule has 0 aromatic heterocycles. The number of ether oxygens (including phenoxy) is 2. The molecule has 1 aromatic rings. The number of rotatable bonds is 6. The highest BCUT2D eigenvalue weighted by molar-refractivity contribution is 5.94. The molecule has 0 saturated carbocycles. The Balaban J connectivity index is 2.71. The van der Waals surface area contributed by atoms with Gasteiger partial charge in [-0.2, -0.15) is 0 Å². The van der Waals surface area contributed by atoms with Gasteiger partial charge in [0.2, 0.25) is 0 Å². The normalized spacial score (nSPS) is 10.5. The fourth-order valence-electron chi connectivity index (χ4n) is 1.60. The van der Waals surface area contributed by atoms with Crippen LogP contribution >= 0.6 is 0 Å². The van der Waals surface area contributed by atoms with Crippen LogP contribution in [-0.2, 0) is 9.47 Å². The molecule has 0 aliphatic heterocycles. The van der Waals surface area contributed by atoms with Crippen LogP contribution in [0.5, 0.6) is 0 Å². The van der Waals surface area contributed by atoms with E-state index in [-0.39, 0.29) is 12.2 Å². The van der Waals surface area contributed by atoms with Gasteiger partial charge in [0.1, 0.15) is 0 Å². The second-order valence-corrected chi connectivity index (χ2v) is 3.89. The van der Waals surface area contributed by atoms with Gasteiger partial charge in [-0.15, -0.1) is 0 Å². The van der Waals surface area contributed by atoms with E-state index in [2.05, 4.69) is 10.6 Å². The SMILES string of the molecule is CNC(=O)c1ccc(NCC(OC)OC)c(C)c1. The van der Waals surface area contributed by atoms with E-state index < -0.39 is 0 Å². The maximum atomic E-state index is 11.5. The quantitative estimate of drug-likeness (QED) is 0.751. The number of carbonyl (C=O) groups is 1. The highest BCUT2D eigenvalue weighted by Crippen LogP contribution is 2.16. The molecule has 0 fully saturated rings. The van der Waals surface area contributed by atoms with Crippen LogP contribution in [0.25, 0.3) is 0 Å². The Kier molecular flexibility index (Phi) is 5.61. The Morgan fingerprint density at radius 1 is 1.33 bits per heavy atom. The second-order valence-electron chi connectivity index (χ2n) is 3.89. The Morgan fingerprint density at radius 3 is 2.50 bits per heavy atom. The van der Waals surface area contributed by atoms with Crippen LogP contribution in [0.4, 0.5) is 5.69 Å². The van der Waals surface area contributed by atoms with Gasteiger partial charge in [0.05, 0.1) is 6.54 Å². The van der Waals surface area contributed by atoms with Crippen molar-refractivity contribution >= 4 is 11.6 Å². The van der Waals surface area contributed by atoms with Crippen LogP contribution in [0.15, 0.2) is 18.2 Å². The highest BCUT2D eigenvalue weighted by atomic mass is 16.7. The predicted molar refractivity (Wildman–Crippen MR) is 70.9 cm³/mol. The first kappa shape index (κ1) is 14.5. The third kappa shape index (κ3) is 3.72. The first-order valence-corrected chi connectivity index (χ1v) is 5.74. The summed E-state index contributed by atoms with van der Waals surface area (Å²) in [6.45, 7) is 2.50. The van der Waals surface area contributed by atoms with Gasteiger partial charge in [0.25, 0.3) is 5.91 Å². The number of carbonyl (C=O) groups excluding carboxylic acids is 1. The van der Waals surface area contributed by atoms with Crippen molar-refractivity contribution < 1.29 is 14.3 Å². The minimum Gasteiger partial charge on any atom is -0.380 e. The Morgan fingerprint density at radius 2 is 2.00 bits per heavy atom. The third-order valence-corrected chi connectivity index (χ3v) is 2.70. The lowest BCUT2D eigenvalue weighted by molar-refractivity contribution is -0.0914. The summed E-state index contributed by atoms with van der Waals surface area (Å²) in [4.78, 5) is 11.5. The summed E-state index contributed by atoms with van der Waals surface area (Å²) in [6, 6.07) is 5.50. The van der Waals surface area contributed by atoms with E-state index in [1.807, 2.05) is 19.1 Å². The van der Waals surface area contributed by atoms with E-state index >= 15 is 0 Å². The molecule has 0 saturated heterocycles. The van der Waals surface area contributed by atoms with Crippen molar-refractivity contribution in [2.45, 2.75) is 13.2 Å². The van der Waals surface area contributed by atoms with E-state index in [0.29, 0.717) is 12.1 Å². The monoisotopic (exact) mass is 252 g/mol. The van der Waals surface area contributed by atoms with Crippen LogP contribution in [-0.4, -0.2) is 40.0 Å². The molecule has 0 bridgehead atoms. The average molecular weight is 252 g/mol. The molecule has 0 aliphatic carbocycles. The number of hydrogen-bond acceptors (Lipinski definition) is 4. The number of anilines is 1. The number of aryl methyl sites for hydroxylation is 1. The van der Waals surface area contributed by atoms with Crippen molar-refractivity contribution in [2.24, 2.45) is 0 Å². The van der Waals surface area contributed by atoms with E-state index in [1.54, 1.807) is 27.3 Å². The molecule has 0 unspecified atom stereocenters. The molecule has 1 amide bonds. The lowest BCUT2D eigenvalue weighted by Crippen LogP contribution is -2.24. The molecule has 5 heteroatoms. The maximum absolute atomic E-state index is 11.5. The zero-order valence-corrected chi connectivity index (χ0v) is 11.2. The molecule has 18 heavy (non-hydrogen) atoms. The van der Waals surface area contributed by atoms with Gasteiger partial charge >= 0.3 is 0 Å². The summed E-state index contributed by atoms with van der Waals surface area (Å²) < 4.78 is 10.2. The molecule has 5 nitrogen and oxygen atoms in total. The first-order valence-electron chi connectivity index (χ1n) is 5.74. The number of hydrogen-bond donors (Lipinski definition) is 2. The fourth-order valence-corrected chi connectivity index (χ4v) is 1.60. The number of methoxy groups -OCH3 is 2. The van der Waals surface area contributed by atoms with Crippen LogP contribution < -0.4 is 10.6 Å². The van der Waals surface area contributed by atoms with Gasteiger partial charge in [0, 0.05) is 32.5 Å². The lowest BCUT2D eigenvalue weighted by Gasteiger charge is -2.16. The van der Waals surface area contributed by atoms with Crippen molar-refractivity contribution in [3.05, 3.63) is 29.3 Å². The van der Waals surface area contributed by atoms with E-state index in [1.165, 1.54) is 0 Å². The van der Waals surface area contributed by atoms with Gasteiger partial charge in [-0.25, -0.2) is 0 Å². The molecule has 100 valence electrons. The zero-order valence-electron chi connectivity index (χ0n) is 11.2. The molecule has 0 spiro atoms. The minimum absolute atomic E-state index is 0.0868. The molecule has 2 N–H and O–H groups in total. The summed E-state index contributed by atoms with van der Waals surface area (Å²) in [5.74, 6) is -0.0868. The minimum atomic E-state index is -0.289. The smallest absolute Gasteiger partial charge is 0.251 e. The first-order chi connectivity index (χ1) is 8.62. The van der Waals surface area contributed by atoms with Crippen LogP contribution in [0.2, 0.25) is 0 Å². The molecule has 0 aliphatic rings. The molecule has 0 heterocycles. The van der Waals surface area contributed by atoms with Crippen molar-refractivity contribution in [2.75, 3.05) is 33.1 Å². The Bertz CT molecular complexity index is 403. The Labute approximate surface area is 107 Å². The van der Waals surface area contributed by atoms with Crippen molar-refractivity contribution in [1.82, 2.24) is 5.32 Å². The lowest BCUT2D eigenvalue weighted by atomic mass is 10.1. The van der Waals surface area contributed by atoms with E-state index in [0.717, 1.165) is 11.3 Å². The largest absolute Gasteiger partial charge is 0.380 e. The van der Waals surface area contributed by atoms with Gasteiger partial charge in [0.15, 0.2) is 6.29 Å².